The first-order valence-electron chi connectivity index (χ1n) is 6.76. The average Bonchev–Trinajstić information content (AvgIpc) is 2.50. The van der Waals surface area contributed by atoms with E-state index < -0.39 is 35.8 Å². The van der Waals surface area contributed by atoms with Crippen LogP contribution in [0.5, 0.6) is 0 Å². The molecule has 0 aliphatic heterocycles. The van der Waals surface area contributed by atoms with E-state index in [1.807, 2.05) is 0 Å². The minimum atomic E-state index is -1.34. The Morgan fingerprint density at radius 3 is 2.32 bits per heavy atom. The van der Waals surface area contributed by atoms with Crippen LogP contribution in [0.4, 0.5) is 0 Å². The van der Waals surface area contributed by atoms with Gasteiger partial charge in [-0.05, 0) is 18.1 Å². The molecular formula is C15H20O7. The van der Waals surface area contributed by atoms with Crippen LogP contribution in [0.3, 0.4) is 0 Å². The Bertz CT molecular complexity index is 506. The third kappa shape index (κ3) is 3.73. The van der Waals surface area contributed by atoms with Gasteiger partial charge in [-0.1, -0.05) is 12.7 Å². The largest absolute Gasteiger partial charge is 0.469 e. The van der Waals surface area contributed by atoms with Crippen molar-refractivity contribution in [2.24, 2.45) is 11.8 Å². The Labute approximate surface area is 128 Å². The third-order valence-electron chi connectivity index (χ3n) is 3.46. The van der Waals surface area contributed by atoms with Crippen LogP contribution in [0, 0.1) is 11.8 Å². The van der Waals surface area contributed by atoms with Crippen molar-refractivity contribution in [1.29, 1.82) is 0 Å². The number of aliphatic hydroxyl groups excluding tert-OH is 1. The number of carbonyl (C=O) groups is 3. The van der Waals surface area contributed by atoms with Gasteiger partial charge >= 0.3 is 17.9 Å². The topological polar surface area (TPSA) is 99.1 Å². The number of methoxy groups -OCH3 is 2. The fourth-order valence-corrected chi connectivity index (χ4v) is 2.33. The van der Waals surface area contributed by atoms with E-state index in [2.05, 4.69) is 16.1 Å². The summed E-state index contributed by atoms with van der Waals surface area (Å²) in [6, 6.07) is 0. The van der Waals surface area contributed by atoms with Gasteiger partial charge in [-0.2, -0.15) is 0 Å². The molecular weight excluding hydrogens is 292 g/mol. The van der Waals surface area contributed by atoms with Gasteiger partial charge in [0.1, 0.15) is 5.92 Å². The Morgan fingerprint density at radius 1 is 1.23 bits per heavy atom. The smallest absolute Gasteiger partial charge is 0.313 e. The molecule has 0 heterocycles. The predicted molar refractivity (Wildman–Crippen MR) is 75.5 cm³/mol. The van der Waals surface area contributed by atoms with Crippen LogP contribution >= 0.6 is 0 Å². The van der Waals surface area contributed by atoms with Crippen molar-refractivity contribution in [2.75, 3.05) is 20.8 Å². The van der Waals surface area contributed by atoms with E-state index in [0.717, 1.165) is 7.11 Å². The van der Waals surface area contributed by atoms with Gasteiger partial charge in [-0.25, -0.2) is 0 Å². The van der Waals surface area contributed by atoms with Crippen LogP contribution in [-0.4, -0.2) is 49.9 Å². The highest BCUT2D eigenvalue weighted by molar-refractivity contribution is 5.86. The SMILES string of the molecule is C=C1C(CC(=O)OCC)=C[C@H](C(=O)OC)[C@H](C(=O)OC)[C@H]1O. The van der Waals surface area contributed by atoms with Gasteiger partial charge < -0.3 is 19.3 Å². The summed E-state index contributed by atoms with van der Waals surface area (Å²) in [4.78, 5) is 35.3. The molecule has 7 nitrogen and oxygen atoms in total. The zero-order valence-corrected chi connectivity index (χ0v) is 12.8. The second kappa shape index (κ2) is 7.74. The van der Waals surface area contributed by atoms with Crippen LogP contribution in [0.25, 0.3) is 0 Å². The summed E-state index contributed by atoms with van der Waals surface area (Å²) in [5, 5.41) is 10.3. The van der Waals surface area contributed by atoms with Gasteiger partial charge in [0, 0.05) is 0 Å². The molecule has 0 unspecified atom stereocenters. The number of esters is 3. The zero-order chi connectivity index (χ0) is 16.9. The Kier molecular flexibility index (Phi) is 6.30. The summed E-state index contributed by atoms with van der Waals surface area (Å²) in [5.74, 6) is -4.18. The second-order valence-corrected chi connectivity index (χ2v) is 4.74. The Balaban J connectivity index is 3.16. The normalized spacial score (nSPS) is 24.3. The molecule has 0 spiro atoms. The molecule has 0 aromatic heterocycles. The molecule has 3 atom stereocenters. The van der Waals surface area contributed by atoms with Crippen LogP contribution in [0.1, 0.15) is 13.3 Å². The molecule has 0 fully saturated rings. The summed E-state index contributed by atoms with van der Waals surface area (Å²) < 4.78 is 14.1. The summed E-state index contributed by atoms with van der Waals surface area (Å²) in [6.45, 7) is 5.57. The van der Waals surface area contributed by atoms with E-state index in [-0.39, 0.29) is 18.6 Å². The third-order valence-corrected chi connectivity index (χ3v) is 3.46. The lowest BCUT2D eigenvalue weighted by Crippen LogP contribution is -2.43. The quantitative estimate of drug-likeness (QED) is 0.578. The number of carbonyl (C=O) groups excluding carboxylic acids is 3. The Hall–Kier alpha value is -2.15. The van der Waals surface area contributed by atoms with Crippen LogP contribution < -0.4 is 0 Å². The predicted octanol–water partition coefficient (Wildman–Crippen LogP) is 0.375. The average molecular weight is 312 g/mol. The van der Waals surface area contributed by atoms with Crippen molar-refractivity contribution in [3.8, 4) is 0 Å². The molecule has 1 aliphatic rings. The molecule has 0 aromatic rings. The number of hydrogen-bond acceptors (Lipinski definition) is 7. The van der Waals surface area contributed by atoms with Crippen molar-refractivity contribution in [3.05, 3.63) is 23.8 Å². The molecule has 0 amide bonds. The Morgan fingerprint density at radius 2 is 1.82 bits per heavy atom. The van der Waals surface area contributed by atoms with Gasteiger partial charge in [0.2, 0.25) is 0 Å². The molecule has 0 saturated heterocycles. The summed E-state index contributed by atoms with van der Waals surface area (Å²) >= 11 is 0. The second-order valence-electron chi connectivity index (χ2n) is 4.74. The molecule has 0 radical (unpaired) electrons. The number of rotatable bonds is 5. The molecule has 7 heteroatoms. The first-order chi connectivity index (χ1) is 10.4. The molecule has 0 aromatic carbocycles. The van der Waals surface area contributed by atoms with Crippen molar-refractivity contribution in [3.63, 3.8) is 0 Å². The summed E-state index contributed by atoms with van der Waals surface area (Å²) in [7, 11) is 2.33. The van der Waals surface area contributed by atoms with Crippen LogP contribution in [0.15, 0.2) is 23.8 Å². The highest BCUT2D eigenvalue weighted by Gasteiger charge is 2.44. The van der Waals surface area contributed by atoms with Crippen LogP contribution in [-0.2, 0) is 28.6 Å². The molecule has 0 saturated carbocycles. The van der Waals surface area contributed by atoms with Crippen LogP contribution in [0.2, 0.25) is 0 Å². The van der Waals surface area contributed by atoms with Crippen molar-refractivity contribution >= 4 is 17.9 Å². The minimum Gasteiger partial charge on any atom is -0.469 e. The lowest BCUT2D eigenvalue weighted by atomic mass is 9.75. The van der Waals surface area contributed by atoms with Gasteiger partial charge in [-0.15, -0.1) is 0 Å². The van der Waals surface area contributed by atoms with Gasteiger partial charge in [-0.3, -0.25) is 14.4 Å². The van der Waals surface area contributed by atoms with Crippen molar-refractivity contribution in [1.82, 2.24) is 0 Å². The van der Waals surface area contributed by atoms with Gasteiger partial charge in [0.25, 0.3) is 0 Å². The number of aliphatic hydroxyl groups is 1. The number of hydrogen-bond donors (Lipinski definition) is 1. The minimum absolute atomic E-state index is 0.148. The van der Waals surface area contributed by atoms with E-state index in [1.165, 1.54) is 13.2 Å². The lowest BCUT2D eigenvalue weighted by molar-refractivity contribution is -0.159. The molecule has 1 rings (SSSR count). The zero-order valence-electron chi connectivity index (χ0n) is 12.8. The lowest BCUT2D eigenvalue weighted by Gasteiger charge is -2.32. The highest BCUT2D eigenvalue weighted by atomic mass is 16.5. The number of ether oxygens (including phenoxy) is 3. The van der Waals surface area contributed by atoms with E-state index in [4.69, 9.17) is 4.74 Å². The monoisotopic (exact) mass is 312 g/mol. The van der Waals surface area contributed by atoms with Crippen molar-refractivity contribution < 1.29 is 33.7 Å². The molecule has 122 valence electrons. The first kappa shape index (κ1) is 17.9. The van der Waals surface area contributed by atoms with E-state index in [1.54, 1.807) is 6.92 Å². The van der Waals surface area contributed by atoms with Gasteiger partial charge in [0.05, 0.1) is 39.3 Å². The first-order valence-corrected chi connectivity index (χ1v) is 6.76. The maximum absolute atomic E-state index is 11.9. The molecule has 0 bridgehead atoms. The van der Waals surface area contributed by atoms with E-state index in [9.17, 15) is 19.5 Å². The maximum Gasteiger partial charge on any atom is 0.313 e. The standard InChI is InChI=1S/C15H20O7/c1-5-22-11(16)7-9-6-10(14(18)20-3)12(15(19)21-4)13(17)8(9)2/h6,10,12-13,17H,2,5,7H2,1,3-4H3/t10-,12-,13-/m0/s1. The molecule has 1 aliphatic carbocycles. The fourth-order valence-electron chi connectivity index (χ4n) is 2.33. The molecule has 22 heavy (non-hydrogen) atoms. The fraction of sp³-hybridized carbons (Fsp3) is 0.533. The highest BCUT2D eigenvalue weighted by Crippen LogP contribution is 2.35. The summed E-state index contributed by atoms with van der Waals surface area (Å²) in [6.07, 6.45) is -0.0872. The van der Waals surface area contributed by atoms with Gasteiger partial charge in [0.15, 0.2) is 0 Å². The maximum atomic E-state index is 11.9. The summed E-state index contributed by atoms with van der Waals surface area (Å²) in [5.41, 5.74) is 0.533. The molecule has 1 N–H and O–H groups in total. The van der Waals surface area contributed by atoms with E-state index in [0.29, 0.717) is 5.57 Å². The van der Waals surface area contributed by atoms with Crippen molar-refractivity contribution in [2.45, 2.75) is 19.4 Å². The van der Waals surface area contributed by atoms with E-state index >= 15 is 0 Å².